The highest BCUT2D eigenvalue weighted by Crippen LogP contribution is 2.18. The van der Waals surface area contributed by atoms with E-state index in [1.165, 1.54) is 16.8 Å². The van der Waals surface area contributed by atoms with Gasteiger partial charge in [0.2, 0.25) is 0 Å². The topological polar surface area (TPSA) is 56.9 Å². The average Bonchev–Trinajstić information content (AvgIpc) is 2.80. The Balaban J connectivity index is 1.34. The molecule has 5 heteroatoms. The second-order valence-electron chi connectivity index (χ2n) is 7.56. The van der Waals surface area contributed by atoms with E-state index in [1.807, 2.05) is 30.3 Å². The molecule has 30 heavy (non-hydrogen) atoms. The summed E-state index contributed by atoms with van der Waals surface area (Å²) in [6.45, 7) is 5.75. The molecule has 1 fully saturated rings. The molecule has 0 amide bonds. The maximum Gasteiger partial charge on any atom is 0.193 e. The van der Waals surface area contributed by atoms with Crippen LogP contribution < -0.4 is 16.0 Å². The number of nitrogens with zero attached hydrogens (tertiary/aromatic N) is 3. The van der Waals surface area contributed by atoms with E-state index in [-0.39, 0.29) is 0 Å². The molecule has 5 nitrogen and oxygen atoms in total. The summed E-state index contributed by atoms with van der Waals surface area (Å²) in [5.74, 6) is 0.437. The molecule has 0 radical (unpaired) electrons. The van der Waals surface area contributed by atoms with E-state index < -0.39 is 0 Å². The van der Waals surface area contributed by atoms with Crippen LogP contribution in [0.1, 0.15) is 11.1 Å². The number of para-hydroxylation sites is 2. The van der Waals surface area contributed by atoms with Gasteiger partial charge in [0, 0.05) is 44.1 Å². The summed E-state index contributed by atoms with van der Waals surface area (Å²) in [5.41, 5.74) is 10.9. The molecular formula is C25H29N5. The van der Waals surface area contributed by atoms with Crippen LogP contribution in [0.4, 0.5) is 11.4 Å². The van der Waals surface area contributed by atoms with Crippen LogP contribution in [0.15, 0.2) is 89.9 Å². The predicted molar refractivity (Wildman–Crippen MR) is 126 cm³/mol. The summed E-state index contributed by atoms with van der Waals surface area (Å²) >= 11 is 0. The van der Waals surface area contributed by atoms with Crippen LogP contribution in [0, 0.1) is 0 Å². The van der Waals surface area contributed by atoms with Crippen LogP contribution >= 0.6 is 0 Å². The van der Waals surface area contributed by atoms with Crippen molar-refractivity contribution >= 4 is 17.3 Å². The lowest BCUT2D eigenvalue weighted by Gasteiger charge is -2.36. The molecule has 0 spiro atoms. The molecule has 1 heterocycles. The molecule has 154 valence electrons. The van der Waals surface area contributed by atoms with Crippen molar-refractivity contribution in [3.05, 3.63) is 96.1 Å². The summed E-state index contributed by atoms with van der Waals surface area (Å²) in [6, 6.07) is 29.1. The number of rotatable bonds is 6. The van der Waals surface area contributed by atoms with Gasteiger partial charge in [-0.2, -0.15) is 0 Å². The smallest absolute Gasteiger partial charge is 0.193 e. The third-order valence-corrected chi connectivity index (χ3v) is 5.47. The Hall–Kier alpha value is -3.31. The molecule has 0 unspecified atom stereocenters. The number of nitrogens with two attached hydrogens (primary N) is 1. The fourth-order valence-electron chi connectivity index (χ4n) is 3.79. The largest absolute Gasteiger partial charge is 0.370 e. The average molecular weight is 400 g/mol. The van der Waals surface area contributed by atoms with E-state index in [0.29, 0.717) is 12.5 Å². The standard InChI is InChI=1S/C25H29N5/c26-25(28-23-11-3-1-4-12-23)27-19-21-9-7-8-10-22(21)20-29-15-17-30(18-16-29)24-13-5-2-6-14-24/h1-14H,15-20H2,(H3,26,27,28). The van der Waals surface area contributed by atoms with E-state index >= 15 is 0 Å². The second-order valence-corrected chi connectivity index (χ2v) is 7.56. The molecule has 3 aromatic rings. The van der Waals surface area contributed by atoms with Crippen LogP contribution in [0.5, 0.6) is 0 Å². The maximum atomic E-state index is 6.08. The zero-order valence-electron chi connectivity index (χ0n) is 17.2. The number of hydrogen-bond donors (Lipinski definition) is 2. The van der Waals surface area contributed by atoms with E-state index in [0.717, 1.165) is 38.4 Å². The Morgan fingerprint density at radius 3 is 2.07 bits per heavy atom. The van der Waals surface area contributed by atoms with Gasteiger partial charge < -0.3 is 16.0 Å². The van der Waals surface area contributed by atoms with Crippen molar-refractivity contribution in [3.8, 4) is 0 Å². The minimum atomic E-state index is 0.437. The molecule has 0 atom stereocenters. The number of nitrogens with one attached hydrogen (secondary N) is 1. The SMILES string of the molecule is NC(=NCc1ccccc1CN1CCN(c2ccccc2)CC1)Nc1ccccc1. The first-order valence-electron chi connectivity index (χ1n) is 10.5. The van der Waals surface area contributed by atoms with Crippen LogP contribution in [0.2, 0.25) is 0 Å². The van der Waals surface area contributed by atoms with E-state index in [1.54, 1.807) is 0 Å². The molecule has 0 bridgehead atoms. The Morgan fingerprint density at radius 1 is 0.767 bits per heavy atom. The van der Waals surface area contributed by atoms with Crippen molar-refractivity contribution in [2.24, 2.45) is 10.7 Å². The van der Waals surface area contributed by atoms with Gasteiger partial charge in [-0.1, -0.05) is 60.7 Å². The lowest BCUT2D eigenvalue weighted by molar-refractivity contribution is 0.249. The van der Waals surface area contributed by atoms with E-state index in [4.69, 9.17) is 5.73 Å². The number of guanidine groups is 1. The lowest BCUT2D eigenvalue weighted by Crippen LogP contribution is -2.46. The van der Waals surface area contributed by atoms with Gasteiger partial charge in [-0.3, -0.25) is 4.90 Å². The molecule has 4 rings (SSSR count). The first-order chi connectivity index (χ1) is 14.8. The van der Waals surface area contributed by atoms with E-state index in [9.17, 15) is 0 Å². The van der Waals surface area contributed by atoms with Crippen molar-refractivity contribution in [3.63, 3.8) is 0 Å². The van der Waals surface area contributed by atoms with Crippen molar-refractivity contribution in [1.29, 1.82) is 0 Å². The summed E-state index contributed by atoms with van der Waals surface area (Å²) in [4.78, 5) is 9.53. The van der Waals surface area contributed by atoms with Crippen LogP contribution in [-0.4, -0.2) is 37.0 Å². The van der Waals surface area contributed by atoms with Crippen molar-refractivity contribution in [2.45, 2.75) is 13.1 Å². The molecular weight excluding hydrogens is 370 g/mol. The Bertz CT molecular complexity index is 948. The third-order valence-electron chi connectivity index (χ3n) is 5.47. The van der Waals surface area contributed by atoms with Crippen molar-refractivity contribution in [1.82, 2.24) is 4.90 Å². The van der Waals surface area contributed by atoms with Crippen LogP contribution in [0.3, 0.4) is 0 Å². The zero-order chi connectivity index (χ0) is 20.6. The first kappa shape index (κ1) is 20.0. The van der Waals surface area contributed by atoms with Gasteiger partial charge in [0.1, 0.15) is 0 Å². The normalized spacial score (nSPS) is 15.2. The van der Waals surface area contributed by atoms with Crippen molar-refractivity contribution < 1.29 is 0 Å². The van der Waals surface area contributed by atoms with Gasteiger partial charge in [0.15, 0.2) is 5.96 Å². The number of anilines is 2. The van der Waals surface area contributed by atoms with Gasteiger partial charge in [-0.15, -0.1) is 0 Å². The fourth-order valence-corrected chi connectivity index (χ4v) is 3.79. The van der Waals surface area contributed by atoms with E-state index in [2.05, 4.69) is 74.7 Å². The maximum absolute atomic E-state index is 6.08. The van der Waals surface area contributed by atoms with Crippen molar-refractivity contribution in [2.75, 3.05) is 36.4 Å². The summed E-state index contributed by atoms with van der Waals surface area (Å²) in [5, 5.41) is 3.15. The number of aliphatic imine (C=N–C) groups is 1. The second kappa shape index (κ2) is 9.94. The minimum absolute atomic E-state index is 0.437. The Morgan fingerprint density at radius 2 is 1.37 bits per heavy atom. The summed E-state index contributed by atoms with van der Waals surface area (Å²) in [6.07, 6.45) is 0. The minimum Gasteiger partial charge on any atom is -0.370 e. The predicted octanol–water partition coefficient (Wildman–Crippen LogP) is 3.94. The molecule has 0 aromatic heterocycles. The van der Waals surface area contributed by atoms with Gasteiger partial charge in [0.05, 0.1) is 6.54 Å². The lowest BCUT2D eigenvalue weighted by atomic mass is 10.1. The molecule has 1 saturated heterocycles. The first-order valence-corrected chi connectivity index (χ1v) is 10.5. The zero-order valence-corrected chi connectivity index (χ0v) is 17.2. The Kier molecular flexibility index (Phi) is 6.62. The van der Waals surface area contributed by atoms with Gasteiger partial charge in [-0.25, -0.2) is 4.99 Å². The highest BCUT2D eigenvalue weighted by Gasteiger charge is 2.18. The monoisotopic (exact) mass is 399 g/mol. The molecule has 0 saturated carbocycles. The van der Waals surface area contributed by atoms with Gasteiger partial charge >= 0.3 is 0 Å². The number of piperazine rings is 1. The third kappa shape index (κ3) is 5.39. The summed E-state index contributed by atoms with van der Waals surface area (Å²) in [7, 11) is 0. The molecule has 0 aliphatic carbocycles. The molecule has 1 aliphatic rings. The van der Waals surface area contributed by atoms with Gasteiger partial charge in [-0.05, 0) is 35.4 Å². The molecule has 1 aliphatic heterocycles. The highest BCUT2D eigenvalue weighted by atomic mass is 15.3. The fraction of sp³-hybridized carbons (Fsp3) is 0.240. The summed E-state index contributed by atoms with van der Waals surface area (Å²) < 4.78 is 0. The van der Waals surface area contributed by atoms with Gasteiger partial charge in [0.25, 0.3) is 0 Å². The van der Waals surface area contributed by atoms with Crippen LogP contribution in [0.25, 0.3) is 0 Å². The highest BCUT2D eigenvalue weighted by molar-refractivity contribution is 5.92. The number of benzene rings is 3. The molecule has 3 aromatic carbocycles. The number of hydrogen-bond acceptors (Lipinski definition) is 3. The van der Waals surface area contributed by atoms with Crippen LogP contribution in [-0.2, 0) is 13.1 Å². The quantitative estimate of drug-likeness (QED) is 0.487. The Labute approximate surface area is 178 Å². The molecule has 3 N–H and O–H groups in total.